The maximum Gasteiger partial charge on any atom is 0.179 e. The molecule has 0 saturated carbocycles. The van der Waals surface area contributed by atoms with Gasteiger partial charge in [-0.15, -0.1) is 0 Å². The number of fused-ring (bicyclic) bond motifs is 1. The first-order chi connectivity index (χ1) is 13.8. The summed E-state index contributed by atoms with van der Waals surface area (Å²) < 4.78 is 38.3. The van der Waals surface area contributed by atoms with Crippen LogP contribution < -0.4 is 9.47 Å². The van der Waals surface area contributed by atoms with Crippen LogP contribution >= 0.6 is 23.2 Å². The second-order valence-corrected chi connectivity index (χ2v) is 9.57. The first-order valence-corrected chi connectivity index (χ1v) is 11.5. The molecule has 0 bridgehead atoms. The maximum absolute atomic E-state index is 12.9. The summed E-state index contributed by atoms with van der Waals surface area (Å²) in [4.78, 5) is 0. The van der Waals surface area contributed by atoms with Gasteiger partial charge < -0.3 is 9.47 Å². The van der Waals surface area contributed by atoms with Crippen molar-refractivity contribution in [1.82, 2.24) is 9.78 Å². The number of nitrogens with zero attached hydrogens (tertiary/aromatic N) is 2. The van der Waals surface area contributed by atoms with Gasteiger partial charge in [0, 0.05) is 5.56 Å². The Hall–Kier alpha value is -2.22. The number of halogens is 2. The first-order valence-electron chi connectivity index (χ1n) is 8.92. The van der Waals surface area contributed by atoms with E-state index < -0.39 is 9.84 Å². The predicted molar refractivity (Wildman–Crippen MR) is 112 cm³/mol. The molecule has 0 amide bonds. The molecular weight excluding hydrogens is 435 g/mol. The number of sulfone groups is 1. The van der Waals surface area contributed by atoms with Gasteiger partial charge in [0.1, 0.15) is 18.4 Å². The fourth-order valence-corrected chi connectivity index (χ4v) is 5.48. The first kappa shape index (κ1) is 20.1. The van der Waals surface area contributed by atoms with E-state index in [-0.39, 0.29) is 16.7 Å². The van der Waals surface area contributed by atoms with Gasteiger partial charge in [-0.3, -0.25) is 0 Å². The van der Waals surface area contributed by atoms with Crippen LogP contribution in [-0.4, -0.2) is 31.4 Å². The van der Waals surface area contributed by atoms with E-state index in [1.165, 1.54) is 0 Å². The van der Waals surface area contributed by atoms with Crippen molar-refractivity contribution >= 4 is 33.0 Å². The highest BCUT2D eigenvalue weighted by molar-refractivity contribution is 7.89. The van der Waals surface area contributed by atoms with Crippen molar-refractivity contribution < 1.29 is 17.9 Å². The predicted octanol–water partition coefficient (Wildman–Crippen LogP) is 4.37. The minimum absolute atomic E-state index is 0.199. The summed E-state index contributed by atoms with van der Waals surface area (Å²) in [7, 11) is -3.54. The van der Waals surface area contributed by atoms with Crippen LogP contribution in [0.2, 0.25) is 10.2 Å². The number of para-hydroxylation sites is 1. The summed E-state index contributed by atoms with van der Waals surface area (Å²) in [6, 6.07) is 12.6. The highest BCUT2D eigenvalue weighted by atomic mass is 35.5. The normalized spacial score (nSPS) is 13.5. The lowest BCUT2D eigenvalue weighted by molar-refractivity contribution is 0.171. The van der Waals surface area contributed by atoms with Crippen molar-refractivity contribution in [1.29, 1.82) is 0 Å². The van der Waals surface area contributed by atoms with E-state index in [1.807, 2.05) is 30.3 Å². The SMILES string of the molecule is Cc1nn(-c2ccccc2)c(Cl)c1CS(=O)(=O)Cc1cc(Cl)c2c(c1)OCCO2. The Kier molecular flexibility index (Phi) is 5.46. The Labute approximate surface area is 178 Å². The van der Waals surface area contributed by atoms with Crippen LogP contribution in [0.15, 0.2) is 42.5 Å². The Morgan fingerprint density at radius 3 is 2.55 bits per heavy atom. The molecular formula is C20H18Cl2N2O4S. The molecule has 0 radical (unpaired) electrons. The highest BCUT2D eigenvalue weighted by Crippen LogP contribution is 2.39. The quantitative estimate of drug-likeness (QED) is 0.574. The van der Waals surface area contributed by atoms with Crippen molar-refractivity contribution in [2.75, 3.05) is 13.2 Å². The Morgan fingerprint density at radius 1 is 1.07 bits per heavy atom. The Morgan fingerprint density at radius 2 is 1.79 bits per heavy atom. The van der Waals surface area contributed by atoms with E-state index in [4.69, 9.17) is 32.7 Å². The minimum Gasteiger partial charge on any atom is -0.486 e. The molecule has 1 aliphatic heterocycles. The number of ether oxygens (including phenoxy) is 2. The summed E-state index contributed by atoms with van der Waals surface area (Å²) in [5.74, 6) is 0.480. The fourth-order valence-electron chi connectivity index (χ4n) is 3.21. The third-order valence-electron chi connectivity index (χ3n) is 4.53. The topological polar surface area (TPSA) is 70.4 Å². The van der Waals surface area contributed by atoms with Gasteiger partial charge in [0.25, 0.3) is 0 Å². The molecule has 0 atom stereocenters. The summed E-state index contributed by atoms with van der Waals surface area (Å²) in [6.45, 7) is 2.55. The van der Waals surface area contributed by atoms with Crippen molar-refractivity contribution in [2.24, 2.45) is 0 Å². The van der Waals surface area contributed by atoms with Gasteiger partial charge >= 0.3 is 0 Å². The van der Waals surface area contributed by atoms with Crippen LogP contribution in [0.4, 0.5) is 0 Å². The van der Waals surface area contributed by atoms with Gasteiger partial charge in [-0.05, 0) is 36.8 Å². The van der Waals surface area contributed by atoms with Gasteiger partial charge in [-0.25, -0.2) is 13.1 Å². The number of rotatable bonds is 5. The van der Waals surface area contributed by atoms with Crippen LogP contribution in [-0.2, 0) is 21.3 Å². The van der Waals surface area contributed by atoms with E-state index in [9.17, 15) is 8.42 Å². The van der Waals surface area contributed by atoms with Crippen LogP contribution in [0.5, 0.6) is 11.5 Å². The van der Waals surface area contributed by atoms with Crippen molar-refractivity contribution in [3.8, 4) is 17.2 Å². The molecule has 2 heterocycles. The second-order valence-electron chi connectivity index (χ2n) is 6.74. The molecule has 0 spiro atoms. The molecule has 2 aromatic carbocycles. The number of hydrogen-bond acceptors (Lipinski definition) is 5. The third-order valence-corrected chi connectivity index (χ3v) is 6.70. The molecule has 0 aliphatic carbocycles. The van der Waals surface area contributed by atoms with E-state index in [1.54, 1.807) is 23.7 Å². The summed E-state index contributed by atoms with van der Waals surface area (Å²) in [5.41, 5.74) is 2.35. The number of benzene rings is 2. The van der Waals surface area contributed by atoms with Gasteiger partial charge in [-0.1, -0.05) is 41.4 Å². The molecule has 1 aromatic heterocycles. The lowest BCUT2D eigenvalue weighted by Crippen LogP contribution is -2.16. The second kappa shape index (κ2) is 7.89. The van der Waals surface area contributed by atoms with Crippen LogP contribution in [0, 0.1) is 6.92 Å². The minimum atomic E-state index is -3.54. The average Bonchev–Trinajstić information content (AvgIpc) is 2.96. The summed E-state index contributed by atoms with van der Waals surface area (Å²) in [6.07, 6.45) is 0. The third kappa shape index (κ3) is 4.22. The fraction of sp³-hybridized carbons (Fsp3) is 0.250. The molecule has 6 nitrogen and oxygen atoms in total. The Bertz CT molecular complexity index is 1160. The van der Waals surface area contributed by atoms with E-state index in [0.717, 1.165) is 5.69 Å². The zero-order chi connectivity index (χ0) is 20.6. The maximum atomic E-state index is 12.9. The molecule has 152 valence electrons. The average molecular weight is 453 g/mol. The van der Waals surface area contributed by atoms with Crippen molar-refractivity contribution in [3.05, 3.63) is 69.5 Å². The monoisotopic (exact) mass is 452 g/mol. The lowest BCUT2D eigenvalue weighted by atomic mass is 10.2. The van der Waals surface area contributed by atoms with Gasteiger partial charge in [-0.2, -0.15) is 5.10 Å². The molecule has 9 heteroatoms. The molecule has 1 aliphatic rings. The largest absolute Gasteiger partial charge is 0.486 e. The zero-order valence-electron chi connectivity index (χ0n) is 15.6. The molecule has 29 heavy (non-hydrogen) atoms. The van der Waals surface area contributed by atoms with Gasteiger partial charge in [0.05, 0.1) is 27.9 Å². The van der Waals surface area contributed by atoms with Crippen LogP contribution in [0.25, 0.3) is 5.69 Å². The van der Waals surface area contributed by atoms with Gasteiger partial charge in [0.2, 0.25) is 0 Å². The summed E-state index contributed by atoms with van der Waals surface area (Å²) in [5, 5.41) is 5.03. The highest BCUT2D eigenvalue weighted by Gasteiger charge is 2.24. The molecule has 0 unspecified atom stereocenters. The van der Waals surface area contributed by atoms with E-state index in [2.05, 4.69) is 5.10 Å². The number of hydrogen-bond donors (Lipinski definition) is 0. The number of aryl methyl sites for hydroxylation is 1. The van der Waals surface area contributed by atoms with Crippen LogP contribution in [0.3, 0.4) is 0 Å². The van der Waals surface area contributed by atoms with Gasteiger partial charge in [0.15, 0.2) is 21.3 Å². The molecule has 3 aromatic rings. The van der Waals surface area contributed by atoms with E-state index in [0.29, 0.717) is 46.6 Å². The molecule has 4 rings (SSSR count). The summed E-state index contributed by atoms with van der Waals surface area (Å²) >= 11 is 12.7. The Balaban J connectivity index is 1.60. The molecule has 0 N–H and O–H groups in total. The standard InChI is InChI=1S/C20H18Cl2N2O4S/c1-13-16(20(22)24(23-13)15-5-3-2-4-6-15)12-29(25,26)11-14-9-17(21)19-18(10-14)27-7-8-28-19/h2-6,9-10H,7-8,11-12H2,1H3. The smallest absolute Gasteiger partial charge is 0.179 e. The number of aromatic nitrogens is 2. The van der Waals surface area contributed by atoms with Crippen molar-refractivity contribution in [2.45, 2.75) is 18.4 Å². The van der Waals surface area contributed by atoms with Crippen molar-refractivity contribution in [3.63, 3.8) is 0 Å². The van der Waals surface area contributed by atoms with E-state index >= 15 is 0 Å². The zero-order valence-corrected chi connectivity index (χ0v) is 17.9. The van der Waals surface area contributed by atoms with Crippen LogP contribution in [0.1, 0.15) is 16.8 Å². The molecule has 0 saturated heterocycles. The molecule has 0 fully saturated rings. The lowest BCUT2D eigenvalue weighted by Gasteiger charge is -2.20.